The molecule has 0 saturated heterocycles. The number of carbonyl (C=O) groups excluding carboxylic acids is 2. The molecule has 2 atom stereocenters. The van der Waals surface area contributed by atoms with E-state index in [9.17, 15) is 18.4 Å². The van der Waals surface area contributed by atoms with Crippen molar-refractivity contribution in [3.8, 4) is 0 Å². The number of nitrogens with one attached hydrogen (secondary N) is 1. The van der Waals surface area contributed by atoms with Gasteiger partial charge in [0.25, 0.3) is 0 Å². The summed E-state index contributed by atoms with van der Waals surface area (Å²) in [5.41, 5.74) is 0.566. The molecule has 23 heavy (non-hydrogen) atoms. The molecule has 0 bridgehead atoms. The Balaban J connectivity index is 2.63. The maximum atomic E-state index is 13.3. The molecule has 0 heterocycles. The van der Waals surface area contributed by atoms with Crippen LogP contribution in [0.4, 0.5) is 8.78 Å². The van der Waals surface area contributed by atoms with Gasteiger partial charge < -0.3 is 10.2 Å². The van der Waals surface area contributed by atoms with Crippen LogP contribution in [0.15, 0.2) is 18.2 Å². The molecule has 0 radical (unpaired) electrons. The molecule has 1 aromatic carbocycles. The summed E-state index contributed by atoms with van der Waals surface area (Å²) < 4.78 is 26.3. The zero-order chi connectivity index (χ0) is 17.7. The normalized spacial score (nSPS) is 13.6. The average Bonchev–Trinajstić information content (AvgIpc) is 2.47. The van der Waals surface area contributed by atoms with E-state index in [0.717, 1.165) is 12.1 Å². The van der Waals surface area contributed by atoms with Crippen LogP contribution in [0.3, 0.4) is 0 Å². The summed E-state index contributed by atoms with van der Waals surface area (Å²) in [5, 5.41) is 2.61. The maximum Gasteiger partial charge on any atom is 0.244 e. The third kappa shape index (κ3) is 5.28. The molecule has 0 aromatic heterocycles. The number of hydrogen-bond donors (Lipinski definition) is 1. The van der Waals surface area contributed by atoms with Gasteiger partial charge in [0, 0.05) is 20.1 Å². The van der Waals surface area contributed by atoms with Crippen molar-refractivity contribution in [1.82, 2.24) is 15.1 Å². The summed E-state index contributed by atoms with van der Waals surface area (Å²) in [6, 6.07) is 2.76. The van der Waals surface area contributed by atoms with E-state index in [2.05, 4.69) is 5.32 Å². The van der Waals surface area contributed by atoms with Crippen molar-refractivity contribution in [2.24, 2.45) is 0 Å². The number of nitrogens with zero attached hydrogens (tertiary/aromatic N) is 2. The smallest absolute Gasteiger partial charge is 0.244 e. The van der Waals surface area contributed by atoms with Gasteiger partial charge in [0.1, 0.15) is 6.04 Å². The van der Waals surface area contributed by atoms with E-state index >= 15 is 0 Å². The lowest BCUT2D eigenvalue weighted by molar-refractivity contribution is -0.134. The first-order valence-electron chi connectivity index (χ1n) is 7.29. The molecular weight excluding hydrogens is 304 g/mol. The van der Waals surface area contributed by atoms with Gasteiger partial charge in [-0.1, -0.05) is 6.07 Å². The van der Waals surface area contributed by atoms with Crippen LogP contribution in [0.5, 0.6) is 0 Å². The fourth-order valence-corrected chi connectivity index (χ4v) is 2.13. The molecule has 0 spiro atoms. The Labute approximate surface area is 135 Å². The van der Waals surface area contributed by atoms with Gasteiger partial charge in [-0.3, -0.25) is 14.5 Å². The Hall–Kier alpha value is -2.02. The Bertz CT molecular complexity index is 578. The van der Waals surface area contributed by atoms with Crippen molar-refractivity contribution >= 4 is 11.8 Å². The summed E-state index contributed by atoms with van der Waals surface area (Å²) in [7, 11) is 4.93. The van der Waals surface area contributed by atoms with Crippen molar-refractivity contribution < 1.29 is 18.4 Å². The quantitative estimate of drug-likeness (QED) is 0.862. The molecule has 0 aliphatic rings. The molecule has 1 aromatic rings. The number of likely N-dealkylation sites (N-methyl/N-ethyl adjacent to an activating group) is 2. The van der Waals surface area contributed by atoms with Gasteiger partial charge in [-0.15, -0.1) is 0 Å². The molecule has 0 aliphatic heterocycles. The van der Waals surface area contributed by atoms with Crippen LogP contribution < -0.4 is 5.32 Å². The minimum Gasteiger partial charge on any atom is -0.347 e. The summed E-state index contributed by atoms with van der Waals surface area (Å²) in [6.45, 7) is 3.43. The SMILES string of the molecule is CC(NC(=O)CN(C)C(C)c1ccc(F)c(F)c1)C(=O)N(C)C. The minimum absolute atomic E-state index is 0.0329. The lowest BCUT2D eigenvalue weighted by Gasteiger charge is -2.25. The number of carbonyl (C=O) groups is 2. The first kappa shape index (κ1) is 19.0. The van der Waals surface area contributed by atoms with Crippen LogP contribution in [0, 0.1) is 11.6 Å². The van der Waals surface area contributed by atoms with E-state index in [-0.39, 0.29) is 24.4 Å². The van der Waals surface area contributed by atoms with E-state index in [1.54, 1.807) is 39.9 Å². The second-order valence-electron chi connectivity index (χ2n) is 5.79. The topological polar surface area (TPSA) is 52.7 Å². The molecule has 0 aliphatic carbocycles. The van der Waals surface area contributed by atoms with Crippen molar-refractivity contribution in [1.29, 1.82) is 0 Å². The van der Waals surface area contributed by atoms with Gasteiger partial charge >= 0.3 is 0 Å². The third-order valence-electron chi connectivity index (χ3n) is 3.67. The summed E-state index contributed by atoms with van der Waals surface area (Å²) in [6.07, 6.45) is 0. The van der Waals surface area contributed by atoms with Crippen molar-refractivity contribution in [2.45, 2.75) is 25.9 Å². The zero-order valence-electron chi connectivity index (χ0n) is 14.1. The van der Waals surface area contributed by atoms with E-state index in [4.69, 9.17) is 0 Å². The van der Waals surface area contributed by atoms with Gasteiger partial charge in [0.2, 0.25) is 11.8 Å². The van der Waals surface area contributed by atoms with Gasteiger partial charge in [0.15, 0.2) is 11.6 Å². The average molecular weight is 327 g/mol. The summed E-state index contributed by atoms with van der Waals surface area (Å²) in [4.78, 5) is 26.8. The Morgan fingerprint density at radius 2 is 1.74 bits per heavy atom. The van der Waals surface area contributed by atoms with Crippen LogP contribution in [-0.2, 0) is 9.59 Å². The van der Waals surface area contributed by atoms with Crippen LogP contribution >= 0.6 is 0 Å². The van der Waals surface area contributed by atoms with E-state index in [0.29, 0.717) is 5.56 Å². The largest absolute Gasteiger partial charge is 0.347 e. The van der Waals surface area contributed by atoms with Crippen LogP contribution in [0.2, 0.25) is 0 Å². The van der Waals surface area contributed by atoms with Crippen LogP contribution in [0.1, 0.15) is 25.5 Å². The standard InChI is InChI=1S/C16H23F2N3O2/c1-10(16(23)20(3)4)19-15(22)9-21(5)11(2)12-6-7-13(17)14(18)8-12/h6-8,10-11H,9H2,1-5H3,(H,19,22). The molecule has 2 amide bonds. The molecule has 0 fully saturated rings. The first-order chi connectivity index (χ1) is 10.6. The number of benzene rings is 1. The first-order valence-corrected chi connectivity index (χ1v) is 7.29. The molecule has 0 saturated carbocycles. The fourth-order valence-electron chi connectivity index (χ4n) is 2.13. The highest BCUT2D eigenvalue weighted by atomic mass is 19.2. The number of halogens is 2. The van der Waals surface area contributed by atoms with Crippen LogP contribution in [-0.4, -0.2) is 55.3 Å². The Kier molecular flexibility index (Phi) is 6.62. The Morgan fingerprint density at radius 3 is 2.26 bits per heavy atom. The monoisotopic (exact) mass is 327 g/mol. The minimum atomic E-state index is -0.919. The predicted molar refractivity (Wildman–Crippen MR) is 83.7 cm³/mol. The summed E-state index contributed by atoms with van der Waals surface area (Å²) >= 11 is 0. The molecule has 2 unspecified atom stereocenters. The second kappa shape index (κ2) is 8.01. The molecule has 5 nitrogen and oxygen atoms in total. The van der Waals surface area contributed by atoms with Gasteiger partial charge in [-0.05, 0) is 38.6 Å². The number of rotatable bonds is 6. The Morgan fingerprint density at radius 1 is 1.13 bits per heavy atom. The molecule has 1 N–H and O–H groups in total. The van der Waals surface area contributed by atoms with Gasteiger partial charge in [-0.25, -0.2) is 8.78 Å². The molecule has 1 rings (SSSR count). The van der Waals surface area contributed by atoms with Crippen molar-refractivity contribution in [3.63, 3.8) is 0 Å². The van der Waals surface area contributed by atoms with Gasteiger partial charge in [-0.2, -0.15) is 0 Å². The highest BCUT2D eigenvalue weighted by molar-refractivity contribution is 5.87. The highest BCUT2D eigenvalue weighted by Gasteiger charge is 2.20. The lowest BCUT2D eigenvalue weighted by atomic mass is 10.1. The van der Waals surface area contributed by atoms with E-state index < -0.39 is 17.7 Å². The van der Waals surface area contributed by atoms with E-state index in [1.165, 1.54) is 11.0 Å². The zero-order valence-corrected chi connectivity index (χ0v) is 14.1. The van der Waals surface area contributed by atoms with Crippen molar-refractivity contribution in [3.05, 3.63) is 35.4 Å². The fraction of sp³-hybridized carbons (Fsp3) is 0.500. The van der Waals surface area contributed by atoms with Gasteiger partial charge in [0.05, 0.1) is 6.54 Å². The lowest BCUT2D eigenvalue weighted by Crippen LogP contribution is -2.47. The predicted octanol–water partition coefficient (Wildman–Crippen LogP) is 1.55. The molecule has 128 valence electrons. The maximum absolute atomic E-state index is 13.3. The number of amides is 2. The number of hydrogen-bond acceptors (Lipinski definition) is 3. The van der Waals surface area contributed by atoms with E-state index in [1.807, 2.05) is 0 Å². The summed E-state index contributed by atoms with van der Waals surface area (Å²) in [5.74, 6) is -2.34. The molecule has 7 heteroatoms. The third-order valence-corrected chi connectivity index (χ3v) is 3.67. The highest BCUT2D eigenvalue weighted by Crippen LogP contribution is 2.20. The van der Waals surface area contributed by atoms with Crippen molar-refractivity contribution in [2.75, 3.05) is 27.7 Å². The second-order valence-corrected chi connectivity index (χ2v) is 5.79. The van der Waals surface area contributed by atoms with Crippen LogP contribution in [0.25, 0.3) is 0 Å². The molecular formula is C16H23F2N3O2.